The molecule has 3 aromatic carbocycles. The van der Waals surface area contributed by atoms with Crippen LogP contribution in [-0.4, -0.2) is 14.2 Å². The minimum Gasteiger partial charge on any atom is -0.294 e. The van der Waals surface area contributed by atoms with Crippen molar-refractivity contribution in [3.63, 3.8) is 0 Å². The van der Waals surface area contributed by atoms with E-state index in [9.17, 15) is 13.2 Å². The molecule has 3 aromatic rings. The van der Waals surface area contributed by atoms with Crippen LogP contribution >= 0.6 is 46.4 Å². The van der Waals surface area contributed by atoms with Crippen LogP contribution in [0.25, 0.3) is 0 Å². The Kier molecular flexibility index (Phi) is 7.16. The number of benzene rings is 3. The van der Waals surface area contributed by atoms with Gasteiger partial charge in [0.15, 0.2) is 15.6 Å². The first kappa shape index (κ1) is 23.1. The Morgan fingerprint density at radius 1 is 0.833 bits per heavy atom. The number of aryl methyl sites for hydroxylation is 1. The van der Waals surface area contributed by atoms with E-state index >= 15 is 0 Å². The van der Waals surface area contributed by atoms with Crippen molar-refractivity contribution in [1.82, 2.24) is 0 Å². The zero-order chi connectivity index (χ0) is 22.1. The van der Waals surface area contributed by atoms with Crippen molar-refractivity contribution in [2.24, 2.45) is 0 Å². The van der Waals surface area contributed by atoms with Gasteiger partial charge in [-0.3, -0.25) is 4.79 Å². The van der Waals surface area contributed by atoms with Crippen molar-refractivity contribution in [3.8, 4) is 0 Å². The van der Waals surface area contributed by atoms with Crippen molar-refractivity contribution in [2.75, 3.05) is 0 Å². The fourth-order valence-electron chi connectivity index (χ4n) is 3.01. The lowest BCUT2D eigenvalue weighted by molar-refractivity contribution is 0.0981. The molecule has 0 radical (unpaired) electrons. The van der Waals surface area contributed by atoms with Crippen LogP contribution in [0.4, 0.5) is 0 Å². The maximum absolute atomic E-state index is 13.5. The van der Waals surface area contributed by atoms with Gasteiger partial charge in [-0.1, -0.05) is 70.2 Å². The van der Waals surface area contributed by atoms with E-state index in [4.69, 9.17) is 46.4 Å². The molecule has 3 rings (SSSR count). The lowest BCUT2D eigenvalue weighted by Crippen LogP contribution is -2.18. The first-order valence-corrected chi connectivity index (χ1v) is 11.9. The molecule has 0 saturated heterocycles. The fraction of sp³-hybridized carbons (Fsp3) is 0.136. The van der Waals surface area contributed by atoms with Crippen molar-refractivity contribution >= 4 is 62.0 Å². The molecular formula is C22H16Cl4O3S. The highest BCUT2D eigenvalue weighted by molar-refractivity contribution is 7.91. The standard InChI is InChI=1S/C22H16Cl4O3S/c1-13-2-6-16(7-3-13)30(28,29)22(14-4-9-18(24)20(26)10-14)12-21(27)17-8-5-15(23)11-19(17)25/h2-11,22H,12H2,1H3/t22-/m0/s1. The van der Waals surface area contributed by atoms with Crippen LogP contribution < -0.4 is 0 Å². The fourth-order valence-corrected chi connectivity index (χ4v) is 5.55. The molecule has 0 aromatic heterocycles. The zero-order valence-corrected chi connectivity index (χ0v) is 19.5. The Labute approximate surface area is 195 Å². The van der Waals surface area contributed by atoms with Gasteiger partial charge in [0.25, 0.3) is 0 Å². The summed E-state index contributed by atoms with van der Waals surface area (Å²) < 4.78 is 26.9. The number of carbonyl (C=O) groups is 1. The van der Waals surface area contributed by atoms with Gasteiger partial charge in [0.1, 0.15) is 0 Å². The van der Waals surface area contributed by atoms with Crippen molar-refractivity contribution in [2.45, 2.75) is 23.5 Å². The lowest BCUT2D eigenvalue weighted by atomic mass is 10.0. The molecule has 156 valence electrons. The molecule has 1 atom stereocenters. The van der Waals surface area contributed by atoms with Gasteiger partial charge in [-0.25, -0.2) is 8.42 Å². The normalized spacial score (nSPS) is 12.6. The van der Waals surface area contributed by atoms with Crippen LogP contribution in [-0.2, 0) is 9.84 Å². The Balaban J connectivity index is 2.08. The second kappa shape index (κ2) is 9.29. The molecule has 0 saturated carbocycles. The monoisotopic (exact) mass is 500 g/mol. The van der Waals surface area contributed by atoms with E-state index in [0.717, 1.165) is 5.56 Å². The molecule has 0 bridgehead atoms. The molecule has 3 nitrogen and oxygen atoms in total. The van der Waals surface area contributed by atoms with Crippen molar-refractivity contribution < 1.29 is 13.2 Å². The van der Waals surface area contributed by atoms with Gasteiger partial charge in [0, 0.05) is 17.0 Å². The summed E-state index contributed by atoms with van der Waals surface area (Å²) in [6, 6.07) is 15.5. The van der Waals surface area contributed by atoms with Crippen LogP contribution in [0.3, 0.4) is 0 Å². The highest BCUT2D eigenvalue weighted by Crippen LogP contribution is 2.36. The lowest BCUT2D eigenvalue weighted by Gasteiger charge is -2.19. The Morgan fingerprint density at radius 2 is 1.50 bits per heavy atom. The number of ketones is 1. The van der Waals surface area contributed by atoms with E-state index in [-0.39, 0.29) is 26.9 Å². The topological polar surface area (TPSA) is 51.2 Å². The number of hydrogen-bond acceptors (Lipinski definition) is 3. The van der Waals surface area contributed by atoms with Gasteiger partial charge in [-0.15, -0.1) is 0 Å². The van der Waals surface area contributed by atoms with Crippen LogP contribution in [0.15, 0.2) is 65.6 Å². The second-order valence-electron chi connectivity index (χ2n) is 6.77. The molecule has 0 heterocycles. The maximum atomic E-state index is 13.5. The molecule has 8 heteroatoms. The summed E-state index contributed by atoms with van der Waals surface area (Å²) in [4.78, 5) is 13.1. The largest absolute Gasteiger partial charge is 0.294 e. The zero-order valence-electron chi connectivity index (χ0n) is 15.7. The van der Waals surface area contributed by atoms with E-state index in [0.29, 0.717) is 15.6 Å². The summed E-state index contributed by atoms with van der Waals surface area (Å²) >= 11 is 24.2. The summed E-state index contributed by atoms with van der Waals surface area (Å²) in [6.45, 7) is 1.86. The number of halogens is 4. The number of rotatable bonds is 6. The number of Topliss-reactive ketones (excluding diaryl/α,β-unsaturated/α-hetero) is 1. The van der Waals surface area contributed by atoms with E-state index < -0.39 is 20.9 Å². The van der Waals surface area contributed by atoms with Gasteiger partial charge >= 0.3 is 0 Å². The molecule has 0 aliphatic rings. The van der Waals surface area contributed by atoms with Gasteiger partial charge < -0.3 is 0 Å². The average molecular weight is 502 g/mol. The van der Waals surface area contributed by atoms with E-state index in [1.165, 1.54) is 42.5 Å². The van der Waals surface area contributed by atoms with Crippen LogP contribution in [0.1, 0.15) is 33.2 Å². The van der Waals surface area contributed by atoms with Crippen molar-refractivity contribution in [3.05, 3.63) is 97.4 Å². The molecule has 0 amide bonds. The molecule has 0 unspecified atom stereocenters. The average Bonchev–Trinajstić information content (AvgIpc) is 2.68. The molecule has 0 aliphatic heterocycles. The third-order valence-electron chi connectivity index (χ3n) is 4.64. The van der Waals surface area contributed by atoms with Crippen LogP contribution in [0, 0.1) is 6.92 Å². The third kappa shape index (κ3) is 5.01. The van der Waals surface area contributed by atoms with Gasteiger partial charge in [-0.05, 0) is 55.0 Å². The Hall–Kier alpha value is -1.56. The second-order valence-corrected chi connectivity index (χ2v) is 10.6. The first-order chi connectivity index (χ1) is 14.1. The van der Waals surface area contributed by atoms with Gasteiger partial charge in [0.2, 0.25) is 0 Å². The van der Waals surface area contributed by atoms with Crippen LogP contribution in [0.2, 0.25) is 20.1 Å². The predicted molar refractivity (Wildman–Crippen MR) is 123 cm³/mol. The summed E-state index contributed by atoms with van der Waals surface area (Å²) in [5.74, 6) is -0.427. The minimum atomic E-state index is -3.92. The summed E-state index contributed by atoms with van der Waals surface area (Å²) in [5, 5.41) is -0.138. The predicted octanol–water partition coefficient (Wildman–Crippen LogP) is 7.40. The molecule has 0 N–H and O–H groups in total. The van der Waals surface area contributed by atoms with Gasteiger partial charge in [-0.2, -0.15) is 0 Å². The highest BCUT2D eigenvalue weighted by atomic mass is 35.5. The smallest absolute Gasteiger partial charge is 0.185 e. The molecule has 0 spiro atoms. The van der Waals surface area contributed by atoms with E-state index in [1.807, 2.05) is 6.92 Å². The first-order valence-electron chi connectivity index (χ1n) is 8.83. The number of hydrogen-bond donors (Lipinski definition) is 0. The molecule has 0 aliphatic carbocycles. The SMILES string of the molecule is Cc1ccc(S(=O)(=O)[C@@H](CC(=O)c2ccc(Cl)cc2Cl)c2ccc(Cl)c(Cl)c2)cc1. The quantitative estimate of drug-likeness (QED) is 0.330. The van der Waals surface area contributed by atoms with Crippen molar-refractivity contribution in [1.29, 1.82) is 0 Å². The summed E-state index contributed by atoms with van der Waals surface area (Å²) in [7, 11) is -3.92. The summed E-state index contributed by atoms with van der Waals surface area (Å²) in [6.07, 6.45) is -0.324. The molecular weight excluding hydrogens is 486 g/mol. The van der Waals surface area contributed by atoms with Crippen LogP contribution in [0.5, 0.6) is 0 Å². The highest BCUT2D eigenvalue weighted by Gasteiger charge is 2.32. The molecule has 30 heavy (non-hydrogen) atoms. The maximum Gasteiger partial charge on any atom is 0.185 e. The molecule has 0 fully saturated rings. The number of sulfone groups is 1. The van der Waals surface area contributed by atoms with E-state index in [1.54, 1.807) is 18.2 Å². The van der Waals surface area contributed by atoms with E-state index in [2.05, 4.69) is 0 Å². The summed E-state index contributed by atoms with van der Waals surface area (Å²) in [5.41, 5.74) is 1.48. The Bertz CT molecular complexity index is 1210. The minimum absolute atomic E-state index is 0.110. The number of carbonyl (C=O) groups excluding carboxylic acids is 1. The Morgan fingerprint density at radius 3 is 2.10 bits per heavy atom. The third-order valence-corrected chi connectivity index (χ3v) is 8.05. The van der Waals surface area contributed by atoms with Gasteiger partial charge in [0.05, 0.1) is 25.2 Å².